The van der Waals surface area contributed by atoms with Gasteiger partial charge in [0.25, 0.3) is 0 Å². The van der Waals surface area contributed by atoms with E-state index in [0.717, 1.165) is 34.0 Å². The van der Waals surface area contributed by atoms with Gasteiger partial charge in [0.05, 0.1) is 11.7 Å². The van der Waals surface area contributed by atoms with Gasteiger partial charge in [-0.2, -0.15) is 0 Å². The van der Waals surface area contributed by atoms with Crippen molar-refractivity contribution in [3.05, 3.63) is 45.4 Å². The van der Waals surface area contributed by atoms with E-state index in [1.165, 1.54) is 11.3 Å². The molecule has 1 aliphatic rings. The average molecular weight is 380 g/mol. The summed E-state index contributed by atoms with van der Waals surface area (Å²) >= 11 is 7.71. The molecule has 0 aliphatic carbocycles. The lowest BCUT2D eigenvalue weighted by Crippen LogP contribution is -2.43. The predicted molar refractivity (Wildman–Crippen MR) is 101 cm³/mol. The second kappa shape index (κ2) is 8.27. The topological polar surface area (TPSA) is 77.2 Å². The molecule has 1 amide bonds. The first-order valence-corrected chi connectivity index (χ1v) is 9.58. The van der Waals surface area contributed by atoms with E-state index in [4.69, 9.17) is 22.1 Å². The molecule has 3 rings (SSSR count). The van der Waals surface area contributed by atoms with E-state index in [1.54, 1.807) is 0 Å². The number of hydrogen-bond donors (Lipinski definition) is 2. The molecule has 1 unspecified atom stereocenters. The van der Waals surface area contributed by atoms with E-state index in [-0.39, 0.29) is 11.8 Å². The number of nitrogens with zero attached hydrogens (tertiary/aromatic N) is 1. The van der Waals surface area contributed by atoms with Crippen LogP contribution in [-0.2, 0) is 16.0 Å². The number of carbonyl (C=O) groups excluding carboxylic acids is 1. The van der Waals surface area contributed by atoms with Crippen LogP contribution in [0.5, 0.6) is 0 Å². The number of ether oxygens (including phenoxy) is 1. The van der Waals surface area contributed by atoms with Gasteiger partial charge in [-0.15, -0.1) is 11.3 Å². The Hall–Kier alpha value is -1.47. The summed E-state index contributed by atoms with van der Waals surface area (Å²) < 4.78 is 5.32. The number of carbonyl (C=O) groups is 1. The standard InChI is InChI=1S/C18H22ClN3O2S/c1-11-15(10-13-4-2-3-5-14(13)19)25-18(21-11)22-17(23)16(20)12-6-8-24-9-7-12/h2-5,12,16H,6-10,20H2,1H3,(H,21,22,23). The fraction of sp³-hybridized carbons (Fsp3) is 0.444. The van der Waals surface area contributed by atoms with Crippen LogP contribution < -0.4 is 11.1 Å². The average Bonchev–Trinajstić information content (AvgIpc) is 2.96. The zero-order valence-corrected chi connectivity index (χ0v) is 15.7. The number of amides is 1. The number of hydrogen-bond acceptors (Lipinski definition) is 5. The Morgan fingerprint density at radius 1 is 1.44 bits per heavy atom. The summed E-state index contributed by atoms with van der Waals surface area (Å²) in [5, 5.41) is 4.20. The summed E-state index contributed by atoms with van der Waals surface area (Å²) in [5.74, 6) is -0.0117. The highest BCUT2D eigenvalue weighted by molar-refractivity contribution is 7.15. The number of anilines is 1. The molecule has 0 radical (unpaired) electrons. The maximum Gasteiger partial charge on any atom is 0.243 e. The van der Waals surface area contributed by atoms with Crippen LogP contribution in [0.3, 0.4) is 0 Å². The van der Waals surface area contributed by atoms with Gasteiger partial charge in [-0.05, 0) is 37.3 Å². The summed E-state index contributed by atoms with van der Waals surface area (Å²) in [7, 11) is 0. The highest BCUT2D eigenvalue weighted by atomic mass is 35.5. The van der Waals surface area contributed by atoms with E-state index in [0.29, 0.717) is 24.8 Å². The number of benzene rings is 1. The highest BCUT2D eigenvalue weighted by Gasteiger charge is 2.27. The van der Waals surface area contributed by atoms with E-state index in [2.05, 4.69) is 10.3 Å². The third kappa shape index (κ3) is 4.58. The minimum absolute atomic E-state index is 0.164. The molecule has 0 bridgehead atoms. The first-order chi connectivity index (χ1) is 12.0. The van der Waals surface area contributed by atoms with Crippen LogP contribution >= 0.6 is 22.9 Å². The first-order valence-electron chi connectivity index (χ1n) is 8.38. The molecule has 1 aromatic heterocycles. The zero-order valence-electron chi connectivity index (χ0n) is 14.1. The summed E-state index contributed by atoms with van der Waals surface area (Å²) in [6.45, 7) is 3.28. The number of halogens is 1. The quantitative estimate of drug-likeness (QED) is 0.834. The number of nitrogens with one attached hydrogen (secondary N) is 1. The van der Waals surface area contributed by atoms with E-state index >= 15 is 0 Å². The van der Waals surface area contributed by atoms with Crippen molar-refractivity contribution in [1.82, 2.24) is 4.98 Å². The monoisotopic (exact) mass is 379 g/mol. The third-order valence-electron chi connectivity index (χ3n) is 4.51. The Morgan fingerprint density at radius 3 is 2.88 bits per heavy atom. The lowest BCUT2D eigenvalue weighted by atomic mass is 9.92. The largest absolute Gasteiger partial charge is 0.381 e. The normalized spacial score (nSPS) is 16.6. The van der Waals surface area contributed by atoms with Gasteiger partial charge < -0.3 is 15.8 Å². The van der Waals surface area contributed by atoms with Crippen molar-refractivity contribution in [2.24, 2.45) is 11.7 Å². The second-order valence-corrected chi connectivity index (χ2v) is 7.75. The van der Waals surface area contributed by atoms with Crippen molar-refractivity contribution < 1.29 is 9.53 Å². The Kier molecular flexibility index (Phi) is 6.06. The van der Waals surface area contributed by atoms with Gasteiger partial charge in [0, 0.05) is 29.5 Å². The molecule has 1 aliphatic heterocycles. The van der Waals surface area contributed by atoms with Crippen LogP contribution in [-0.4, -0.2) is 30.1 Å². The number of nitrogens with two attached hydrogens (primary N) is 1. The molecular weight excluding hydrogens is 358 g/mol. The van der Waals surface area contributed by atoms with Crippen LogP contribution in [0.25, 0.3) is 0 Å². The number of aryl methyl sites for hydroxylation is 1. The SMILES string of the molecule is Cc1nc(NC(=O)C(N)C2CCOCC2)sc1Cc1ccccc1Cl. The summed E-state index contributed by atoms with van der Waals surface area (Å²) in [6, 6.07) is 7.23. The minimum Gasteiger partial charge on any atom is -0.381 e. The van der Waals surface area contributed by atoms with Gasteiger partial charge >= 0.3 is 0 Å². The molecule has 0 spiro atoms. The van der Waals surface area contributed by atoms with Crippen LogP contribution in [0.1, 0.15) is 29.0 Å². The van der Waals surface area contributed by atoms with Crippen molar-refractivity contribution >= 4 is 34.0 Å². The first kappa shape index (κ1) is 18.3. The van der Waals surface area contributed by atoms with Gasteiger partial charge in [0.1, 0.15) is 0 Å². The predicted octanol–water partition coefficient (Wildman–Crippen LogP) is 3.39. The third-order valence-corrected chi connectivity index (χ3v) is 5.95. The Balaban J connectivity index is 1.65. The van der Waals surface area contributed by atoms with Crippen LogP contribution in [0.2, 0.25) is 5.02 Å². The van der Waals surface area contributed by atoms with Crippen molar-refractivity contribution in [2.75, 3.05) is 18.5 Å². The van der Waals surface area contributed by atoms with E-state index in [1.807, 2.05) is 31.2 Å². The van der Waals surface area contributed by atoms with Crippen molar-refractivity contribution in [2.45, 2.75) is 32.2 Å². The summed E-state index contributed by atoms with van der Waals surface area (Å²) in [4.78, 5) is 18.0. The van der Waals surface area contributed by atoms with Gasteiger partial charge in [-0.1, -0.05) is 29.8 Å². The highest BCUT2D eigenvalue weighted by Crippen LogP contribution is 2.28. The maximum atomic E-state index is 12.4. The number of rotatable bonds is 5. The fourth-order valence-electron chi connectivity index (χ4n) is 2.94. The zero-order chi connectivity index (χ0) is 17.8. The molecule has 1 atom stereocenters. The molecule has 134 valence electrons. The van der Waals surface area contributed by atoms with Crippen LogP contribution in [0.4, 0.5) is 5.13 Å². The van der Waals surface area contributed by atoms with E-state index < -0.39 is 6.04 Å². The van der Waals surface area contributed by atoms with E-state index in [9.17, 15) is 4.79 Å². The molecule has 0 saturated carbocycles. The molecule has 3 N–H and O–H groups in total. The van der Waals surface area contributed by atoms with Gasteiger partial charge in [0.2, 0.25) is 5.91 Å². The molecule has 25 heavy (non-hydrogen) atoms. The molecule has 7 heteroatoms. The molecule has 1 aromatic carbocycles. The molecule has 5 nitrogen and oxygen atoms in total. The second-order valence-electron chi connectivity index (χ2n) is 6.26. The number of aromatic nitrogens is 1. The Bertz CT molecular complexity index is 744. The Labute approximate surface area is 156 Å². The van der Waals surface area contributed by atoms with Gasteiger partial charge in [-0.25, -0.2) is 4.98 Å². The lowest BCUT2D eigenvalue weighted by Gasteiger charge is -2.26. The summed E-state index contributed by atoms with van der Waals surface area (Å²) in [6.07, 6.45) is 2.34. The molecule has 1 fully saturated rings. The number of thiazole rings is 1. The smallest absolute Gasteiger partial charge is 0.243 e. The van der Waals surface area contributed by atoms with Crippen molar-refractivity contribution in [3.8, 4) is 0 Å². The fourth-order valence-corrected chi connectivity index (χ4v) is 4.13. The minimum atomic E-state index is -0.528. The Morgan fingerprint density at radius 2 is 2.16 bits per heavy atom. The van der Waals surface area contributed by atoms with Crippen LogP contribution in [0.15, 0.2) is 24.3 Å². The van der Waals surface area contributed by atoms with Crippen LogP contribution in [0, 0.1) is 12.8 Å². The van der Waals surface area contributed by atoms with Gasteiger partial charge in [0.15, 0.2) is 5.13 Å². The molecule has 2 heterocycles. The van der Waals surface area contributed by atoms with Crippen molar-refractivity contribution in [3.63, 3.8) is 0 Å². The molecule has 1 saturated heterocycles. The van der Waals surface area contributed by atoms with Gasteiger partial charge in [-0.3, -0.25) is 4.79 Å². The lowest BCUT2D eigenvalue weighted by molar-refractivity contribution is -0.119. The molecular formula is C18H22ClN3O2S. The molecule has 2 aromatic rings. The maximum absolute atomic E-state index is 12.4. The van der Waals surface area contributed by atoms with Crippen molar-refractivity contribution in [1.29, 1.82) is 0 Å². The summed E-state index contributed by atoms with van der Waals surface area (Å²) in [5.41, 5.74) is 8.07.